The van der Waals surface area contributed by atoms with Crippen molar-refractivity contribution < 1.29 is 10.2 Å². The van der Waals surface area contributed by atoms with Gasteiger partial charge in [-0.3, -0.25) is 0 Å². The van der Waals surface area contributed by atoms with E-state index in [0.717, 1.165) is 25.7 Å². The Morgan fingerprint density at radius 3 is 2.87 bits per heavy atom. The first-order chi connectivity index (χ1) is 11.0. The summed E-state index contributed by atoms with van der Waals surface area (Å²) >= 11 is 0. The van der Waals surface area contributed by atoms with E-state index in [1.165, 1.54) is 29.5 Å². The van der Waals surface area contributed by atoms with Crippen molar-refractivity contribution in [1.29, 1.82) is 0 Å². The summed E-state index contributed by atoms with van der Waals surface area (Å²) in [5.74, 6) is 2.27. The first-order valence-electron chi connectivity index (χ1n) is 9.25. The summed E-state index contributed by atoms with van der Waals surface area (Å²) in [5, 5.41) is 20.5. The van der Waals surface area contributed by atoms with Gasteiger partial charge in [0.2, 0.25) is 0 Å². The Labute approximate surface area is 139 Å². The molecule has 0 saturated heterocycles. The molecule has 124 valence electrons. The quantitative estimate of drug-likeness (QED) is 0.777. The number of phenolic OH excluding ortho intramolecular Hbond substituents is 1. The number of fused-ring (bicyclic) bond motifs is 5. The fourth-order valence-electron chi connectivity index (χ4n) is 5.88. The van der Waals surface area contributed by atoms with Crippen molar-refractivity contribution in [3.05, 3.63) is 35.4 Å². The fraction of sp³-hybridized carbons (Fsp3) is 0.619. The second-order valence-electron chi connectivity index (χ2n) is 8.13. The van der Waals surface area contributed by atoms with Crippen LogP contribution in [0.15, 0.2) is 24.3 Å². The van der Waals surface area contributed by atoms with Crippen molar-refractivity contribution in [3.8, 4) is 5.75 Å². The second-order valence-corrected chi connectivity index (χ2v) is 8.13. The lowest BCUT2D eigenvalue weighted by Crippen LogP contribution is -2.43. The summed E-state index contributed by atoms with van der Waals surface area (Å²) in [5.41, 5.74) is 4.23. The van der Waals surface area contributed by atoms with E-state index in [1.54, 1.807) is 0 Å². The van der Waals surface area contributed by atoms with E-state index in [1.807, 2.05) is 12.1 Å². The van der Waals surface area contributed by atoms with E-state index in [9.17, 15) is 10.2 Å². The molecule has 2 saturated carbocycles. The zero-order valence-corrected chi connectivity index (χ0v) is 14.3. The zero-order chi connectivity index (χ0) is 16.2. The first kappa shape index (κ1) is 15.3. The van der Waals surface area contributed by atoms with Gasteiger partial charge in [-0.1, -0.05) is 26.0 Å². The highest BCUT2D eigenvalue weighted by Gasteiger charge is 2.54. The van der Waals surface area contributed by atoms with E-state index in [4.69, 9.17) is 0 Å². The number of benzene rings is 1. The number of allylic oxidation sites excluding steroid dienone is 2. The molecule has 23 heavy (non-hydrogen) atoms. The van der Waals surface area contributed by atoms with E-state index in [0.29, 0.717) is 23.5 Å². The maximum absolute atomic E-state index is 10.5. The third kappa shape index (κ3) is 2.18. The number of aliphatic hydroxyl groups is 1. The molecule has 3 aliphatic carbocycles. The standard InChI is InChI=1S/C21H28O2/c1-3-4-13-11-18-16(15-6-5-14(22)12-17(13)15)9-10-21(2)19(18)7-8-20(21)23/h4-6,12,16,18-20,22-23H,3,7-11H2,1-2H3/b13-4+/t16-,18-,19+,20+,21+/m1/s1. The molecular weight excluding hydrogens is 284 g/mol. The molecule has 3 aliphatic rings. The lowest BCUT2D eigenvalue weighted by atomic mass is 9.54. The van der Waals surface area contributed by atoms with Gasteiger partial charge in [0.25, 0.3) is 0 Å². The molecule has 2 heteroatoms. The van der Waals surface area contributed by atoms with Crippen LogP contribution >= 0.6 is 0 Å². The van der Waals surface area contributed by atoms with Gasteiger partial charge < -0.3 is 10.2 Å². The van der Waals surface area contributed by atoms with Crippen molar-refractivity contribution in [3.63, 3.8) is 0 Å². The molecule has 1 aromatic carbocycles. The van der Waals surface area contributed by atoms with Gasteiger partial charge in [-0.05, 0) is 90.5 Å². The molecule has 0 amide bonds. The topological polar surface area (TPSA) is 40.5 Å². The third-order valence-corrected chi connectivity index (χ3v) is 7.08. The first-order valence-corrected chi connectivity index (χ1v) is 9.25. The minimum Gasteiger partial charge on any atom is -0.508 e. The van der Waals surface area contributed by atoms with Crippen molar-refractivity contribution >= 4 is 5.57 Å². The Morgan fingerprint density at radius 1 is 1.26 bits per heavy atom. The highest BCUT2D eigenvalue weighted by atomic mass is 16.3. The van der Waals surface area contributed by atoms with Gasteiger partial charge >= 0.3 is 0 Å². The minimum absolute atomic E-state index is 0.117. The summed E-state index contributed by atoms with van der Waals surface area (Å²) < 4.78 is 0. The molecule has 1 aromatic rings. The van der Waals surface area contributed by atoms with Crippen LogP contribution in [0.4, 0.5) is 0 Å². The van der Waals surface area contributed by atoms with Gasteiger partial charge in [-0.2, -0.15) is 0 Å². The molecule has 2 nitrogen and oxygen atoms in total. The number of phenols is 1. The third-order valence-electron chi connectivity index (χ3n) is 7.08. The van der Waals surface area contributed by atoms with Gasteiger partial charge in [0, 0.05) is 0 Å². The minimum atomic E-state index is -0.117. The molecule has 5 atom stereocenters. The highest BCUT2D eigenvalue weighted by molar-refractivity contribution is 5.72. The van der Waals surface area contributed by atoms with Crippen LogP contribution in [-0.4, -0.2) is 16.3 Å². The van der Waals surface area contributed by atoms with Gasteiger partial charge in [0.05, 0.1) is 6.10 Å². The van der Waals surface area contributed by atoms with Crippen molar-refractivity contribution in [2.24, 2.45) is 17.3 Å². The predicted molar refractivity (Wildman–Crippen MR) is 93.3 cm³/mol. The molecule has 0 aliphatic heterocycles. The largest absolute Gasteiger partial charge is 0.508 e. The van der Waals surface area contributed by atoms with Crippen LogP contribution in [0.5, 0.6) is 5.75 Å². The van der Waals surface area contributed by atoms with Crippen LogP contribution in [0.3, 0.4) is 0 Å². The van der Waals surface area contributed by atoms with Crippen LogP contribution < -0.4 is 0 Å². The van der Waals surface area contributed by atoms with Crippen molar-refractivity contribution in [2.75, 3.05) is 0 Å². The monoisotopic (exact) mass is 312 g/mol. The highest BCUT2D eigenvalue weighted by Crippen LogP contribution is 2.62. The molecule has 0 aromatic heterocycles. The summed E-state index contributed by atoms with van der Waals surface area (Å²) in [6.45, 7) is 4.51. The van der Waals surface area contributed by atoms with Gasteiger partial charge in [-0.15, -0.1) is 0 Å². The average Bonchev–Trinajstić information content (AvgIpc) is 2.83. The number of rotatable bonds is 1. The van der Waals surface area contributed by atoms with Crippen LogP contribution in [0.1, 0.15) is 69.4 Å². The Bertz CT molecular complexity index is 647. The smallest absolute Gasteiger partial charge is 0.116 e. The maximum Gasteiger partial charge on any atom is 0.116 e. The SMILES string of the molecule is CC/C=C1\C[C@@H]2[C@H](CC[C@]3(C)[C@@H](O)CC[C@@H]23)c2ccc(O)cc21. The molecule has 4 rings (SSSR count). The van der Waals surface area contributed by atoms with E-state index < -0.39 is 0 Å². The Hall–Kier alpha value is -1.28. The van der Waals surface area contributed by atoms with Gasteiger partial charge in [0.1, 0.15) is 5.75 Å². The van der Waals surface area contributed by atoms with Crippen LogP contribution in [0, 0.1) is 17.3 Å². The Kier molecular flexibility index (Phi) is 3.57. The van der Waals surface area contributed by atoms with Crippen molar-refractivity contribution in [2.45, 2.75) is 64.4 Å². The summed E-state index contributed by atoms with van der Waals surface area (Å²) in [6, 6.07) is 5.96. The van der Waals surface area contributed by atoms with Gasteiger partial charge in [-0.25, -0.2) is 0 Å². The number of hydrogen-bond donors (Lipinski definition) is 2. The zero-order valence-electron chi connectivity index (χ0n) is 14.3. The molecule has 0 radical (unpaired) electrons. The van der Waals surface area contributed by atoms with Crippen LogP contribution in [0.2, 0.25) is 0 Å². The molecule has 2 fully saturated rings. The Balaban J connectivity index is 1.79. The molecule has 0 heterocycles. The lowest BCUT2D eigenvalue weighted by molar-refractivity contribution is -0.0183. The lowest BCUT2D eigenvalue weighted by Gasteiger charge is -2.50. The number of hydrogen-bond acceptors (Lipinski definition) is 2. The Morgan fingerprint density at radius 2 is 2.09 bits per heavy atom. The molecule has 0 spiro atoms. The average molecular weight is 312 g/mol. The number of aliphatic hydroxyl groups excluding tert-OH is 1. The molecule has 0 unspecified atom stereocenters. The number of aromatic hydroxyl groups is 1. The normalized spacial score (nSPS) is 40.6. The van der Waals surface area contributed by atoms with Crippen LogP contribution in [-0.2, 0) is 0 Å². The summed E-state index contributed by atoms with van der Waals surface area (Å²) in [7, 11) is 0. The van der Waals surface area contributed by atoms with Crippen molar-refractivity contribution in [1.82, 2.24) is 0 Å². The van der Waals surface area contributed by atoms with Crippen LogP contribution in [0.25, 0.3) is 5.57 Å². The summed E-state index contributed by atoms with van der Waals surface area (Å²) in [4.78, 5) is 0. The molecule has 0 bridgehead atoms. The molecular formula is C21H28O2. The maximum atomic E-state index is 10.5. The summed E-state index contributed by atoms with van der Waals surface area (Å²) in [6.07, 6.45) is 8.82. The van der Waals surface area contributed by atoms with E-state index in [-0.39, 0.29) is 11.5 Å². The van der Waals surface area contributed by atoms with E-state index >= 15 is 0 Å². The van der Waals surface area contributed by atoms with Gasteiger partial charge in [0.15, 0.2) is 0 Å². The van der Waals surface area contributed by atoms with E-state index in [2.05, 4.69) is 26.0 Å². The predicted octanol–water partition coefficient (Wildman–Crippen LogP) is 4.86. The molecule has 2 N–H and O–H groups in total. The fourth-order valence-corrected chi connectivity index (χ4v) is 5.88. The second kappa shape index (κ2) is 5.37.